The average molecular weight is 517 g/mol. The number of unbranched alkanes of at least 4 members (excludes halogenated alkanes) is 2. The van der Waals surface area contributed by atoms with Gasteiger partial charge in [0.15, 0.2) is 0 Å². The Morgan fingerprint density at radius 3 is 2.32 bits per heavy atom. The Balaban J connectivity index is 1.55. The molecular weight excluding hydrogens is 492 g/mol. The van der Waals surface area contributed by atoms with E-state index in [4.69, 9.17) is 26.4 Å². The summed E-state index contributed by atoms with van der Waals surface area (Å²) in [7, 11) is 3.12. The Bertz CT molecular complexity index is 1180. The fourth-order valence-electron chi connectivity index (χ4n) is 2.93. The van der Waals surface area contributed by atoms with E-state index in [0.29, 0.717) is 12.4 Å². The lowest BCUT2D eigenvalue weighted by Crippen LogP contribution is -2.16. The van der Waals surface area contributed by atoms with Crippen LogP contribution in [-0.2, 0) is 14.3 Å². The molecule has 178 valence electrons. The maximum atomic E-state index is 12.7. The topological polar surface area (TPSA) is 78.9 Å². The maximum absolute atomic E-state index is 12.7. The van der Waals surface area contributed by atoms with Gasteiger partial charge < -0.3 is 14.2 Å². The second-order valence-electron chi connectivity index (χ2n) is 7.31. The molecule has 0 N–H and O–H groups in total. The lowest BCUT2D eigenvalue weighted by Gasteiger charge is -2.10. The van der Waals surface area contributed by atoms with Crippen LogP contribution in [0.25, 0.3) is 10.4 Å². The van der Waals surface area contributed by atoms with Gasteiger partial charge in [-0.25, -0.2) is 4.79 Å². The largest absolute Gasteiger partial charge is 0.466 e. The molecule has 0 bridgehead atoms. The number of carbonyl (C=O) groups excluding carboxylic acids is 3. The van der Waals surface area contributed by atoms with E-state index in [1.54, 1.807) is 34.6 Å². The number of rotatable bonds is 11. The van der Waals surface area contributed by atoms with Crippen molar-refractivity contribution in [1.29, 1.82) is 0 Å². The number of para-hydroxylation sites is 1. The molecule has 3 aromatic rings. The van der Waals surface area contributed by atoms with Crippen LogP contribution in [0.5, 0.6) is 11.5 Å². The van der Waals surface area contributed by atoms with Crippen LogP contribution in [0.3, 0.4) is 0 Å². The van der Waals surface area contributed by atoms with Crippen LogP contribution < -0.4 is 9.47 Å². The molecular formula is C25H24O6S3. The standard InChI is InChI=1S/C25H24O6S3/c1-2-3-6-15-29-22(26)13-14-23(27)31-20-8-5-4-7-19(20)25(28)30-18-11-9-17(10-12-18)21-16-24(32)34-33-21/h4-5,7-12,16H,2-3,6,13-15H2,1H3. The molecule has 0 unspecified atom stereocenters. The first-order valence-corrected chi connectivity index (χ1v) is 13.4. The van der Waals surface area contributed by atoms with Crippen molar-refractivity contribution in [1.82, 2.24) is 0 Å². The lowest BCUT2D eigenvalue weighted by molar-refractivity contribution is -0.147. The molecule has 1 aromatic heterocycles. The summed E-state index contributed by atoms with van der Waals surface area (Å²) in [6.07, 6.45) is 2.59. The molecule has 0 aliphatic heterocycles. The molecule has 0 saturated carbocycles. The van der Waals surface area contributed by atoms with Gasteiger partial charge in [0.1, 0.15) is 20.9 Å². The van der Waals surface area contributed by atoms with Gasteiger partial charge in [0.2, 0.25) is 0 Å². The molecule has 0 aliphatic carbocycles. The fourth-order valence-corrected chi connectivity index (χ4v) is 5.34. The Morgan fingerprint density at radius 2 is 1.62 bits per heavy atom. The normalized spacial score (nSPS) is 10.5. The zero-order valence-corrected chi connectivity index (χ0v) is 21.1. The van der Waals surface area contributed by atoms with Crippen molar-refractivity contribution in [2.24, 2.45) is 0 Å². The predicted octanol–water partition coefficient (Wildman–Crippen LogP) is 6.84. The van der Waals surface area contributed by atoms with E-state index < -0.39 is 17.9 Å². The number of ether oxygens (including phenoxy) is 3. The van der Waals surface area contributed by atoms with Crippen LogP contribution in [0.2, 0.25) is 0 Å². The number of hydrogen-bond acceptors (Lipinski definition) is 9. The number of benzene rings is 2. The highest BCUT2D eigenvalue weighted by molar-refractivity contribution is 7.80. The van der Waals surface area contributed by atoms with Gasteiger partial charge in [-0.1, -0.05) is 64.8 Å². The van der Waals surface area contributed by atoms with E-state index in [9.17, 15) is 14.4 Å². The third-order valence-corrected chi connectivity index (χ3v) is 7.60. The van der Waals surface area contributed by atoms with E-state index in [2.05, 4.69) is 6.92 Å². The third-order valence-electron chi connectivity index (χ3n) is 4.69. The first-order chi connectivity index (χ1) is 16.5. The van der Waals surface area contributed by atoms with Crippen molar-refractivity contribution >= 4 is 50.8 Å². The van der Waals surface area contributed by atoms with E-state index in [1.807, 2.05) is 18.2 Å². The highest BCUT2D eigenvalue weighted by atomic mass is 32.9. The Morgan fingerprint density at radius 1 is 0.882 bits per heavy atom. The molecule has 2 aromatic carbocycles. The van der Waals surface area contributed by atoms with Gasteiger partial charge in [-0.15, -0.1) is 0 Å². The minimum absolute atomic E-state index is 0.0727. The zero-order chi connectivity index (χ0) is 24.3. The van der Waals surface area contributed by atoms with Crippen molar-refractivity contribution in [3.63, 3.8) is 0 Å². The first-order valence-electron chi connectivity index (χ1n) is 10.8. The molecule has 0 radical (unpaired) electrons. The quantitative estimate of drug-likeness (QED) is 0.0907. The van der Waals surface area contributed by atoms with Crippen molar-refractivity contribution in [3.05, 3.63) is 64.0 Å². The summed E-state index contributed by atoms with van der Waals surface area (Å²) in [6, 6.07) is 15.3. The minimum atomic E-state index is -0.655. The Hall–Kier alpha value is -2.88. The van der Waals surface area contributed by atoms with E-state index >= 15 is 0 Å². The van der Waals surface area contributed by atoms with E-state index in [1.165, 1.54) is 22.5 Å². The smallest absolute Gasteiger partial charge is 0.347 e. The molecule has 0 amide bonds. The van der Waals surface area contributed by atoms with Crippen molar-refractivity contribution in [2.75, 3.05) is 6.61 Å². The second-order valence-corrected chi connectivity index (χ2v) is 10.2. The summed E-state index contributed by atoms with van der Waals surface area (Å²) in [5.74, 6) is -1.30. The molecule has 3 rings (SSSR count). The van der Waals surface area contributed by atoms with E-state index in [-0.39, 0.29) is 24.2 Å². The number of hydrogen-bond donors (Lipinski definition) is 0. The third kappa shape index (κ3) is 7.86. The van der Waals surface area contributed by atoms with Crippen molar-refractivity contribution in [3.8, 4) is 21.9 Å². The summed E-state index contributed by atoms with van der Waals surface area (Å²) in [5.41, 5.74) is 1.09. The summed E-state index contributed by atoms with van der Waals surface area (Å²) in [4.78, 5) is 37.7. The SMILES string of the molecule is CCCCCOC(=O)CCC(=O)Oc1ccccc1C(=O)Oc1ccc(-c2cc(=S)ss2)cc1. The molecule has 9 heteroatoms. The van der Waals surface area contributed by atoms with Crippen LogP contribution in [0, 0.1) is 3.82 Å². The maximum Gasteiger partial charge on any atom is 0.347 e. The summed E-state index contributed by atoms with van der Waals surface area (Å²) >= 11 is 5.17. The second kappa shape index (κ2) is 13.1. The minimum Gasteiger partial charge on any atom is -0.466 e. The summed E-state index contributed by atoms with van der Waals surface area (Å²) in [6.45, 7) is 2.41. The zero-order valence-electron chi connectivity index (χ0n) is 18.6. The number of carbonyl (C=O) groups is 3. The van der Waals surface area contributed by atoms with Gasteiger partial charge in [0.05, 0.1) is 19.4 Å². The molecule has 0 spiro atoms. The molecule has 6 nitrogen and oxygen atoms in total. The molecule has 0 fully saturated rings. The number of esters is 3. The van der Waals surface area contributed by atoms with Crippen LogP contribution >= 0.6 is 32.9 Å². The van der Waals surface area contributed by atoms with Crippen molar-refractivity contribution < 1.29 is 28.6 Å². The molecule has 0 aliphatic rings. The highest BCUT2D eigenvalue weighted by Gasteiger charge is 2.18. The molecule has 1 heterocycles. The summed E-state index contributed by atoms with van der Waals surface area (Å²) in [5, 5.41) is 0. The fraction of sp³-hybridized carbons (Fsp3) is 0.280. The summed E-state index contributed by atoms with van der Waals surface area (Å²) < 4.78 is 16.7. The highest BCUT2D eigenvalue weighted by Crippen LogP contribution is 2.31. The van der Waals surface area contributed by atoms with E-state index in [0.717, 1.165) is 33.5 Å². The van der Waals surface area contributed by atoms with Gasteiger partial charge in [-0.2, -0.15) is 0 Å². The Kier molecular flexibility index (Phi) is 9.93. The van der Waals surface area contributed by atoms with Crippen molar-refractivity contribution in [2.45, 2.75) is 39.0 Å². The van der Waals surface area contributed by atoms with Gasteiger partial charge in [0, 0.05) is 4.88 Å². The van der Waals surface area contributed by atoms with Gasteiger partial charge in [0.25, 0.3) is 0 Å². The predicted molar refractivity (Wildman–Crippen MR) is 135 cm³/mol. The monoisotopic (exact) mass is 516 g/mol. The lowest BCUT2D eigenvalue weighted by atomic mass is 10.2. The Labute approximate surface area is 210 Å². The van der Waals surface area contributed by atoms with Crippen LogP contribution in [0.1, 0.15) is 49.4 Å². The van der Waals surface area contributed by atoms with Crippen LogP contribution in [0.4, 0.5) is 0 Å². The molecule has 0 atom stereocenters. The van der Waals surface area contributed by atoms with Gasteiger partial charge in [-0.05, 0) is 54.4 Å². The van der Waals surface area contributed by atoms with Crippen LogP contribution in [0.15, 0.2) is 54.6 Å². The van der Waals surface area contributed by atoms with Gasteiger partial charge >= 0.3 is 17.9 Å². The van der Waals surface area contributed by atoms with Gasteiger partial charge in [-0.3, -0.25) is 9.59 Å². The molecule has 34 heavy (non-hydrogen) atoms. The van der Waals surface area contributed by atoms with Crippen LogP contribution in [-0.4, -0.2) is 24.5 Å². The average Bonchev–Trinajstić information content (AvgIpc) is 3.27. The first kappa shape index (κ1) is 25.7. The molecule has 0 saturated heterocycles.